The topological polar surface area (TPSA) is 461 Å². The van der Waals surface area contributed by atoms with Gasteiger partial charge in [-0.05, 0) is 136 Å². The second kappa shape index (κ2) is 44.5. The number of ether oxygens (including phenoxy) is 6. The van der Waals surface area contributed by atoms with Crippen molar-refractivity contribution in [3.05, 3.63) is 160 Å². The second-order valence-corrected chi connectivity index (χ2v) is 35.2. The Morgan fingerprint density at radius 3 is 2.15 bits per heavy atom. The highest BCUT2D eigenvalue weighted by atomic mass is 16.6. The Morgan fingerprint density at radius 1 is 0.727 bits per heavy atom. The smallest absolute Gasteiger partial charge is 0.407 e. The average Bonchev–Trinajstić information content (AvgIpc) is 1.03. The number of nitrogens with zero attached hydrogens (tertiary/aromatic N) is 13. The van der Waals surface area contributed by atoms with Crippen molar-refractivity contribution in [1.82, 2.24) is 64.8 Å². The van der Waals surface area contributed by atoms with Crippen LogP contribution in [0.3, 0.4) is 0 Å². The van der Waals surface area contributed by atoms with Crippen LogP contribution in [-0.2, 0) is 78.4 Å². The Hall–Kier alpha value is -10.7. The van der Waals surface area contributed by atoms with Crippen LogP contribution in [0, 0.1) is 29.1 Å². The third kappa shape index (κ3) is 24.4. The molecule has 2 bridgehead atoms. The van der Waals surface area contributed by atoms with Gasteiger partial charge in [0.15, 0.2) is 5.78 Å². The van der Waals surface area contributed by atoms with E-state index in [1.807, 2.05) is 67.3 Å². The number of aromatic amines is 1. The molecule has 0 radical (unpaired) electrons. The van der Waals surface area contributed by atoms with Crippen molar-refractivity contribution in [1.29, 1.82) is 5.41 Å². The van der Waals surface area contributed by atoms with Gasteiger partial charge in [-0.25, -0.2) is 44.5 Å². The lowest BCUT2D eigenvalue weighted by molar-refractivity contribution is -0.245. The fourth-order valence-electron chi connectivity index (χ4n) is 18.2. The molecule has 0 spiro atoms. The fraction of sp³-hybridized carbons (Fsp3) is 0.559. The van der Waals surface area contributed by atoms with Crippen LogP contribution in [0.1, 0.15) is 162 Å². The molecule has 35 nitrogen and oxygen atoms in total. The largest absolute Gasteiger partial charge is 0.459 e. The Balaban J connectivity index is 0.519. The third-order valence-electron chi connectivity index (χ3n) is 26.0. The first kappa shape index (κ1) is 94.9. The summed E-state index contributed by atoms with van der Waals surface area (Å²) in [5.41, 5.74) is 20.7. The molecule has 1 aromatic carbocycles. The van der Waals surface area contributed by atoms with E-state index in [0.29, 0.717) is 131 Å². The van der Waals surface area contributed by atoms with E-state index in [-0.39, 0.29) is 73.6 Å². The zero-order chi connectivity index (χ0) is 90.7. The molecule has 5 fully saturated rings. The molecule has 14 atom stereocenters. The molecule has 11 heterocycles. The Morgan fingerprint density at radius 2 is 1.44 bits per heavy atom. The zero-order valence-electron chi connectivity index (χ0n) is 74.4. The molecule has 6 aliphatic heterocycles. The number of H-pyrrole nitrogens is 1. The number of alkyl carbamates (subject to hydrolysis) is 1. The van der Waals surface area contributed by atoms with Gasteiger partial charge >= 0.3 is 12.1 Å². The number of ketones is 3. The van der Waals surface area contributed by atoms with E-state index in [4.69, 9.17) is 45.3 Å². The summed E-state index contributed by atoms with van der Waals surface area (Å²) in [6.45, 7) is 19.2. The number of aliphatic hydroxyl groups is 3. The number of methoxy groups -OCH3 is 2. The van der Waals surface area contributed by atoms with Crippen LogP contribution in [0.2, 0.25) is 0 Å². The van der Waals surface area contributed by atoms with E-state index in [2.05, 4.69) is 82.2 Å². The fourth-order valence-corrected chi connectivity index (χ4v) is 18.2. The summed E-state index contributed by atoms with van der Waals surface area (Å²) in [7, 11) is 3.08. The number of allylic oxidation sites excluding steroid dienone is 6. The predicted molar refractivity (Wildman–Crippen MR) is 479 cm³/mol. The summed E-state index contributed by atoms with van der Waals surface area (Å²) < 4.78 is 36.2. The number of piperazine rings is 2. The first-order chi connectivity index (χ1) is 61.7. The lowest BCUT2D eigenvalue weighted by atomic mass is 9.80. The summed E-state index contributed by atoms with van der Waals surface area (Å²) in [5.74, 6) is -6.75. The van der Waals surface area contributed by atoms with Crippen LogP contribution < -0.4 is 31.9 Å². The van der Waals surface area contributed by atoms with Gasteiger partial charge in [0, 0.05) is 203 Å². The molecule has 688 valence electrons. The number of benzene rings is 1. The number of carbonyl (C=O) groups excluding carboxylic acids is 7. The van der Waals surface area contributed by atoms with Crippen molar-refractivity contribution in [2.45, 2.75) is 205 Å². The molecule has 1 unspecified atom stereocenters. The van der Waals surface area contributed by atoms with Gasteiger partial charge in [-0.1, -0.05) is 75.4 Å². The van der Waals surface area contributed by atoms with E-state index in [0.717, 1.165) is 98.1 Å². The van der Waals surface area contributed by atoms with E-state index >= 15 is 0 Å². The van der Waals surface area contributed by atoms with Crippen molar-refractivity contribution in [2.24, 2.45) is 29.4 Å². The molecular formula is C93H125N19O16. The summed E-state index contributed by atoms with van der Waals surface area (Å²) in [4.78, 5) is 145. The molecule has 13 rings (SSSR count). The maximum Gasteiger partial charge on any atom is 0.407 e. The molecule has 4 saturated heterocycles. The molecule has 11 N–H and O–H groups in total. The van der Waals surface area contributed by atoms with Crippen molar-refractivity contribution in [3.8, 4) is 0 Å². The molecule has 6 aromatic rings. The molecule has 1 aliphatic carbocycles. The number of rotatable bonds is 22. The molecule has 5 aromatic heterocycles. The summed E-state index contributed by atoms with van der Waals surface area (Å²) in [6.07, 6.45) is 18.8. The molecule has 1 saturated carbocycles. The quantitative estimate of drug-likeness (QED) is 0.0109. The number of piperidine rings is 1. The summed E-state index contributed by atoms with van der Waals surface area (Å²) >= 11 is 0. The van der Waals surface area contributed by atoms with Crippen LogP contribution in [0.5, 0.6) is 0 Å². The van der Waals surface area contributed by atoms with Gasteiger partial charge in [0.25, 0.3) is 17.6 Å². The van der Waals surface area contributed by atoms with Gasteiger partial charge < -0.3 is 90.4 Å². The van der Waals surface area contributed by atoms with Crippen LogP contribution in [0.4, 0.5) is 28.3 Å². The number of esters is 1. The number of nitrogens with one attached hydrogen (secondary N) is 4. The van der Waals surface area contributed by atoms with Crippen LogP contribution >= 0.6 is 0 Å². The lowest BCUT2D eigenvalue weighted by Gasteiger charge is -2.40. The van der Waals surface area contributed by atoms with Gasteiger partial charge in [-0.15, -0.1) is 0 Å². The number of cyclic esters (lactones) is 1. The summed E-state index contributed by atoms with van der Waals surface area (Å²) in [5, 5.41) is 50.5. The van der Waals surface area contributed by atoms with E-state index in [1.165, 1.54) is 32.0 Å². The van der Waals surface area contributed by atoms with E-state index in [1.54, 1.807) is 58.1 Å². The number of anilines is 4. The number of hydrogen-bond acceptors (Lipinski definition) is 31. The zero-order valence-corrected chi connectivity index (χ0v) is 74.4. The second-order valence-electron chi connectivity index (χ2n) is 35.2. The van der Waals surface area contributed by atoms with Crippen molar-refractivity contribution < 1.29 is 77.3 Å². The minimum absolute atomic E-state index is 0.00363. The number of nitrogen functional groups attached to an aromatic ring is 1. The number of amides is 3. The lowest BCUT2D eigenvalue weighted by Crippen LogP contribution is -2.58. The van der Waals surface area contributed by atoms with Gasteiger partial charge in [0.1, 0.15) is 59.9 Å². The number of aliphatic hydroxyl groups excluding tert-OH is 2. The van der Waals surface area contributed by atoms with Crippen molar-refractivity contribution in [3.63, 3.8) is 0 Å². The van der Waals surface area contributed by atoms with Crippen LogP contribution in [-0.4, -0.2) is 288 Å². The van der Waals surface area contributed by atoms with Gasteiger partial charge in [0.2, 0.25) is 17.7 Å². The van der Waals surface area contributed by atoms with Crippen molar-refractivity contribution in [2.75, 3.05) is 127 Å². The van der Waals surface area contributed by atoms with Gasteiger partial charge in [0.05, 0.1) is 48.4 Å². The first-order valence-corrected chi connectivity index (χ1v) is 45.0. The number of nitrogens with two attached hydrogens (primary N) is 2. The number of hydrogen-bond donors (Lipinski definition) is 9. The highest BCUT2D eigenvalue weighted by molar-refractivity contribution is 6.39. The Bertz CT molecular complexity index is 4980. The normalized spacial score (nSPS) is 27.9. The van der Waals surface area contributed by atoms with Crippen LogP contribution in [0.25, 0.3) is 11.0 Å². The average molecular weight is 1770 g/mol. The predicted octanol–water partition coefficient (Wildman–Crippen LogP) is 6.92. The standard InChI is InChI=1S/C93H125N19O16/c1-57-14-9-8-10-15-58(2)75(123-6)46-70-16-13-24-93(122,128-70)83(117)88(119)112-26-12-11-17-72(112)89(120)126-76(47-73(113)59(3)41-61(5)81(115)82(116)80(114)60(4)40-57)71(94)43-62-19-21-74(77(44-62)124-7)127-92(121)104-51-64-49-100-90(101-50-64)109-32-28-107(29-33-109)36-38-125-39-37-108-30-34-110(35-31-108)91-102-53-69(54-103-91)87(118)111-27-23-65-42-63(18-20-67(65)55-111)48-98-86-78(84(96)105-56-106-86)79(95)68-45-66-22-25-97-85(66)99-52-68/h8-10,14-15,18,20,22,25,41-42,45,49-50,52-54,56-57,59-60,62,70-72,74-77,81-82,95,115-116,122H,11-13,16-17,19,21,23-24,26-40,43-44,46-48,51,55,94H2,1-7H3,(H,97,99)(H,104,121)(H3,96,98,105,106)/b10-8+,14-9+,58-15+,61-41+,95-79?/t57-,59-,60-,62+,70?,71-,72+,74-,75+,76+,77-,81-,82+,93-/m1/s1. The highest BCUT2D eigenvalue weighted by Crippen LogP contribution is 2.37. The molecular weight excluding hydrogens is 1640 g/mol. The SMILES string of the molecule is CO[C@H]1CC2CCC[C@@](O)(O2)C(=O)C(=O)N2CCCC[C@H]2C(=O)O[C@H]([C@H](N)C[C@@H]2CC[C@@H](OC(=O)NCc3cnc(N4CCN(CCOCCN5CCN(c6ncc(C(=O)N7CCc8cc(CNc9ncnc(N)c9C(=N)c9cnc%10[nH]ccc%10c9)ccc8C7)cn6)CC5)CC4)nc3)[C@H](OC)C2)CC(=O)[C@H](C)/C=C(\C)[C@@H](O)[C@@H](O)C(=O)[C@H](C)C[C@H](C)/C=C/C=C/C=C/1C. The number of aromatic nitrogens is 8. The first-order valence-electron chi connectivity index (χ1n) is 45.0. The monoisotopic (exact) mass is 1760 g/mol. The Kier molecular flexibility index (Phi) is 33.0. The van der Waals surface area contributed by atoms with Gasteiger partial charge in [-0.2, -0.15) is 0 Å². The minimum Gasteiger partial charge on any atom is -0.459 e. The number of Topliss-reactive ketones (excluding diaryl/α,β-unsaturated/α-hetero) is 3. The number of carbonyl (C=O) groups is 7. The molecule has 7 aliphatic rings. The number of pyridine rings is 1. The summed E-state index contributed by atoms with van der Waals surface area (Å²) in [6, 6.07) is 7.79. The van der Waals surface area contributed by atoms with Gasteiger partial charge in [-0.3, -0.25) is 39.2 Å². The van der Waals surface area contributed by atoms with Crippen molar-refractivity contribution >= 4 is 81.5 Å². The maximum atomic E-state index is 14.7. The van der Waals surface area contributed by atoms with Crippen LogP contribution in [0.15, 0.2) is 121 Å². The van der Waals surface area contributed by atoms with E-state index < -0.39 is 114 Å². The van der Waals surface area contributed by atoms with E-state index in [9.17, 15) is 48.9 Å². The Labute approximate surface area is 746 Å². The molecule has 128 heavy (non-hydrogen) atoms. The number of fused-ring (bicyclic) bond motifs is 5. The minimum atomic E-state index is -2.47. The molecule has 3 amide bonds. The molecule has 35 heteroatoms. The third-order valence-corrected chi connectivity index (χ3v) is 26.0. The highest BCUT2D eigenvalue weighted by Gasteiger charge is 2.50. The maximum absolute atomic E-state index is 14.7.